The van der Waals surface area contributed by atoms with Crippen LogP contribution in [-0.4, -0.2) is 11.6 Å². The molecule has 0 atom stereocenters. The molecule has 0 radical (unpaired) electrons. The third-order valence-corrected chi connectivity index (χ3v) is 3.17. The van der Waals surface area contributed by atoms with Gasteiger partial charge in [0.25, 0.3) is 0 Å². The monoisotopic (exact) mass is 264 g/mol. The van der Waals surface area contributed by atoms with Crippen molar-refractivity contribution in [2.75, 3.05) is 6.61 Å². The van der Waals surface area contributed by atoms with Crippen LogP contribution < -0.4 is 4.74 Å². The maximum absolute atomic E-state index is 8.72. The Morgan fingerprint density at radius 3 is 2.94 bits per heavy atom. The van der Waals surface area contributed by atoms with Crippen molar-refractivity contribution in [3.05, 3.63) is 33.6 Å². The average molecular weight is 265 g/mol. The van der Waals surface area contributed by atoms with E-state index in [0.29, 0.717) is 22.4 Å². The minimum absolute atomic E-state index is 0.449. The van der Waals surface area contributed by atoms with Gasteiger partial charge in [-0.3, -0.25) is 0 Å². The highest BCUT2D eigenvalue weighted by atomic mass is 35.5. The van der Waals surface area contributed by atoms with Crippen molar-refractivity contribution < 1.29 is 4.74 Å². The Hall–Kier alpha value is -1.57. The van der Waals surface area contributed by atoms with Crippen molar-refractivity contribution in [1.82, 2.24) is 4.98 Å². The van der Waals surface area contributed by atoms with Gasteiger partial charge in [-0.15, -0.1) is 11.3 Å². The molecule has 0 fully saturated rings. The van der Waals surface area contributed by atoms with Crippen molar-refractivity contribution >= 4 is 22.9 Å². The van der Waals surface area contributed by atoms with Gasteiger partial charge in [0.1, 0.15) is 11.8 Å². The lowest BCUT2D eigenvalue weighted by Gasteiger charge is -2.06. The van der Waals surface area contributed by atoms with Gasteiger partial charge < -0.3 is 4.74 Å². The molecule has 2 rings (SSSR count). The zero-order valence-electron chi connectivity index (χ0n) is 9.11. The summed E-state index contributed by atoms with van der Waals surface area (Å²) in [5.41, 5.74) is 1.65. The van der Waals surface area contributed by atoms with Gasteiger partial charge in [-0.1, -0.05) is 11.6 Å². The first-order valence-corrected chi connectivity index (χ1v) is 6.28. The van der Waals surface area contributed by atoms with Crippen LogP contribution >= 0.6 is 22.9 Å². The molecule has 1 aromatic carbocycles. The van der Waals surface area contributed by atoms with Crippen LogP contribution in [-0.2, 0) is 0 Å². The Morgan fingerprint density at radius 2 is 2.35 bits per heavy atom. The van der Waals surface area contributed by atoms with Crippen molar-refractivity contribution in [3.8, 4) is 23.1 Å². The molecule has 0 saturated heterocycles. The van der Waals surface area contributed by atoms with Gasteiger partial charge in [0.05, 0.1) is 17.3 Å². The third-order valence-electron chi connectivity index (χ3n) is 2.13. The Bertz CT molecular complexity index is 574. The number of aromatic nitrogens is 1. The van der Waals surface area contributed by atoms with Gasteiger partial charge >= 0.3 is 0 Å². The Kier molecular flexibility index (Phi) is 3.62. The molecule has 0 spiro atoms. The Balaban J connectivity index is 2.34. The predicted octanol–water partition coefficient (Wildman–Crippen LogP) is 3.73. The second-order valence-electron chi connectivity index (χ2n) is 3.23. The number of nitriles is 1. The average Bonchev–Trinajstić information content (AvgIpc) is 2.80. The molecule has 0 saturated carbocycles. The summed E-state index contributed by atoms with van der Waals surface area (Å²) in [6.45, 7) is 2.48. The lowest BCUT2D eigenvalue weighted by atomic mass is 10.2. The lowest BCUT2D eigenvalue weighted by Crippen LogP contribution is -1.92. The van der Waals surface area contributed by atoms with Crippen molar-refractivity contribution in [1.29, 1.82) is 5.26 Å². The molecule has 17 heavy (non-hydrogen) atoms. The highest BCUT2D eigenvalue weighted by Crippen LogP contribution is 2.30. The molecule has 0 N–H and O–H groups in total. The van der Waals surface area contributed by atoms with E-state index in [-0.39, 0.29) is 0 Å². The van der Waals surface area contributed by atoms with Gasteiger partial charge in [-0.25, -0.2) is 4.98 Å². The number of hydrogen-bond acceptors (Lipinski definition) is 4. The minimum atomic E-state index is 0.449. The van der Waals surface area contributed by atoms with E-state index >= 15 is 0 Å². The van der Waals surface area contributed by atoms with Gasteiger partial charge in [0.15, 0.2) is 5.01 Å². The zero-order chi connectivity index (χ0) is 12.3. The van der Waals surface area contributed by atoms with E-state index in [4.69, 9.17) is 21.6 Å². The summed E-state index contributed by atoms with van der Waals surface area (Å²) >= 11 is 7.40. The number of ether oxygens (including phenoxy) is 1. The van der Waals surface area contributed by atoms with Gasteiger partial charge in [-0.2, -0.15) is 5.26 Å². The first kappa shape index (κ1) is 11.9. The summed E-state index contributed by atoms with van der Waals surface area (Å²) in [5.74, 6) is 0.661. The molecule has 0 bridgehead atoms. The first-order valence-electron chi connectivity index (χ1n) is 5.03. The summed E-state index contributed by atoms with van der Waals surface area (Å²) in [6, 6.07) is 7.50. The van der Waals surface area contributed by atoms with E-state index in [1.807, 2.05) is 30.5 Å². The zero-order valence-corrected chi connectivity index (χ0v) is 10.7. The van der Waals surface area contributed by atoms with Crippen LogP contribution in [0.3, 0.4) is 0 Å². The molecule has 1 aromatic heterocycles. The number of hydrogen-bond donors (Lipinski definition) is 0. The van der Waals surface area contributed by atoms with E-state index in [1.165, 1.54) is 11.3 Å². The minimum Gasteiger partial charge on any atom is -0.492 e. The molecule has 1 heterocycles. The number of thiazole rings is 1. The highest BCUT2D eigenvalue weighted by molar-refractivity contribution is 7.10. The van der Waals surface area contributed by atoms with E-state index in [2.05, 4.69) is 4.98 Å². The molecular formula is C12H9ClN2OS. The second kappa shape index (κ2) is 5.17. The Morgan fingerprint density at radius 1 is 1.53 bits per heavy atom. The van der Waals surface area contributed by atoms with Crippen LogP contribution in [0, 0.1) is 11.3 Å². The number of rotatable bonds is 3. The normalized spacial score (nSPS) is 9.94. The summed E-state index contributed by atoms with van der Waals surface area (Å²) in [4.78, 5) is 4.17. The van der Waals surface area contributed by atoms with Crippen LogP contribution in [0.15, 0.2) is 23.6 Å². The van der Waals surface area contributed by atoms with Gasteiger partial charge in [0, 0.05) is 10.9 Å². The number of benzene rings is 1. The van der Waals surface area contributed by atoms with Crippen LogP contribution in [0.25, 0.3) is 11.3 Å². The largest absolute Gasteiger partial charge is 0.492 e. The second-order valence-corrected chi connectivity index (χ2v) is 4.49. The van der Waals surface area contributed by atoms with E-state index in [1.54, 1.807) is 6.07 Å². The Labute approximate surface area is 108 Å². The molecule has 0 aliphatic rings. The van der Waals surface area contributed by atoms with E-state index in [0.717, 1.165) is 11.3 Å². The molecule has 0 unspecified atom stereocenters. The van der Waals surface area contributed by atoms with Gasteiger partial charge in [0.2, 0.25) is 0 Å². The lowest BCUT2D eigenvalue weighted by molar-refractivity contribution is 0.340. The van der Waals surface area contributed by atoms with Crippen LogP contribution in [0.1, 0.15) is 11.9 Å². The maximum atomic E-state index is 8.72. The molecule has 2 aromatic rings. The summed E-state index contributed by atoms with van der Waals surface area (Å²) in [6.07, 6.45) is 0. The number of nitrogens with zero attached hydrogens (tertiary/aromatic N) is 2. The van der Waals surface area contributed by atoms with Crippen molar-refractivity contribution in [3.63, 3.8) is 0 Å². The van der Waals surface area contributed by atoms with E-state index < -0.39 is 0 Å². The van der Waals surface area contributed by atoms with Crippen LogP contribution in [0.2, 0.25) is 5.02 Å². The fourth-order valence-corrected chi connectivity index (χ4v) is 2.24. The van der Waals surface area contributed by atoms with Crippen LogP contribution in [0.4, 0.5) is 0 Å². The summed E-state index contributed by atoms with van der Waals surface area (Å²) in [5, 5.41) is 11.6. The maximum Gasteiger partial charge on any atom is 0.194 e. The predicted molar refractivity (Wildman–Crippen MR) is 68.4 cm³/mol. The fraction of sp³-hybridized carbons (Fsp3) is 0.167. The SMILES string of the molecule is CCOc1ccc(-c2csc(C#N)n2)cc1Cl. The third kappa shape index (κ3) is 2.57. The summed E-state index contributed by atoms with van der Waals surface area (Å²) < 4.78 is 5.35. The topological polar surface area (TPSA) is 45.9 Å². The highest BCUT2D eigenvalue weighted by Gasteiger charge is 2.07. The molecular weight excluding hydrogens is 256 g/mol. The molecule has 0 amide bonds. The molecule has 0 aliphatic heterocycles. The standard InChI is InChI=1S/C12H9ClN2OS/c1-2-16-11-4-3-8(5-9(11)13)10-7-17-12(6-14)15-10/h3-5,7H,2H2,1H3. The number of halogens is 1. The molecule has 86 valence electrons. The first-order chi connectivity index (χ1) is 8.24. The fourth-order valence-electron chi connectivity index (χ4n) is 1.39. The molecule has 0 aliphatic carbocycles. The smallest absolute Gasteiger partial charge is 0.194 e. The van der Waals surface area contributed by atoms with Crippen molar-refractivity contribution in [2.24, 2.45) is 0 Å². The van der Waals surface area contributed by atoms with Gasteiger partial charge in [-0.05, 0) is 25.1 Å². The quantitative estimate of drug-likeness (QED) is 0.848. The molecule has 3 nitrogen and oxygen atoms in total. The van der Waals surface area contributed by atoms with E-state index in [9.17, 15) is 0 Å². The van der Waals surface area contributed by atoms with Crippen molar-refractivity contribution in [2.45, 2.75) is 6.92 Å². The molecule has 5 heteroatoms. The summed E-state index contributed by atoms with van der Waals surface area (Å²) in [7, 11) is 0. The van der Waals surface area contributed by atoms with Crippen LogP contribution in [0.5, 0.6) is 5.75 Å².